The lowest BCUT2D eigenvalue weighted by atomic mass is 9.94. The zero-order valence-electron chi connectivity index (χ0n) is 17.1. The molecule has 0 bridgehead atoms. The van der Waals surface area contributed by atoms with Gasteiger partial charge in [-0.2, -0.15) is 0 Å². The molecule has 1 aliphatic heterocycles. The van der Waals surface area contributed by atoms with E-state index in [0.29, 0.717) is 47.5 Å². The van der Waals surface area contributed by atoms with Crippen molar-refractivity contribution in [1.82, 2.24) is 4.90 Å². The summed E-state index contributed by atoms with van der Waals surface area (Å²) in [5.41, 5.74) is 1.54. The van der Waals surface area contributed by atoms with Crippen molar-refractivity contribution in [2.75, 3.05) is 36.4 Å². The first kappa shape index (κ1) is 23.2. The molecule has 2 aromatic carbocycles. The number of anilines is 2. The van der Waals surface area contributed by atoms with Gasteiger partial charge in [-0.25, -0.2) is 0 Å². The summed E-state index contributed by atoms with van der Waals surface area (Å²) in [7, 11) is 0. The van der Waals surface area contributed by atoms with Crippen LogP contribution >= 0.6 is 45.8 Å². The molecule has 3 rings (SSSR count). The van der Waals surface area contributed by atoms with E-state index in [0.717, 1.165) is 9.26 Å². The third kappa shape index (κ3) is 5.39. The van der Waals surface area contributed by atoms with Crippen LogP contribution in [0.4, 0.5) is 11.4 Å². The Morgan fingerprint density at radius 3 is 2.23 bits per heavy atom. The van der Waals surface area contributed by atoms with E-state index in [-0.39, 0.29) is 17.2 Å². The molecule has 1 N–H and O–H groups in total. The third-order valence-corrected chi connectivity index (χ3v) is 6.23. The first-order chi connectivity index (χ1) is 14.1. The van der Waals surface area contributed by atoms with E-state index in [1.165, 1.54) is 0 Å². The lowest BCUT2D eigenvalue weighted by Crippen LogP contribution is -2.51. The fourth-order valence-corrected chi connectivity index (χ4v) is 4.33. The number of hydrogen-bond donors (Lipinski definition) is 1. The van der Waals surface area contributed by atoms with Crippen molar-refractivity contribution in [3.63, 3.8) is 0 Å². The quantitative estimate of drug-likeness (QED) is 0.502. The number of amides is 2. The molecule has 0 aromatic heterocycles. The maximum absolute atomic E-state index is 12.6. The van der Waals surface area contributed by atoms with Gasteiger partial charge in [-0.3, -0.25) is 9.59 Å². The van der Waals surface area contributed by atoms with E-state index >= 15 is 0 Å². The molecule has 0 saturated carbocycles. The molecule has 5 nitrogen and oxygen atoms in total. The summed E-state index contributed by atoms with van der Waals surface area (Å²) in [5.74, 6) is -0.114. The second kappa shape index (κ2) is 9.32. The summed E-state index contributed by atoms with van der Waals surface area (Å²) in [6, 6.07) is 10.8. The monoisotopic (exact) mass is 559 g/mol. The van der Waals surface area contributed by atoms with Crippen molar-refractivity contribution >= 4 is 69.0 Å². The van der Waals surface area contributed by atoms with Crippen molar-refractivity contribution < 1.29 is 9.59 Å². The van der Waals surface area contributed by atoms with Gasteiger partial charge in [0.25, 0.3) is 5.91 Å². The van der Waals surface area contributed by atoms with Gasteiger partial charge in [-0.1, -0.05) is 44.0 Å². The minimum absolute atomic E-state index is 0.167. The fraction of sp³-hybridized carbons (Fsp3) is 0.364. The van der Waals surface area contributed by atoms with Crippen molar-refractivity contribution in [2.45, 2.75) is 20.8 Å². The van der Waals surface area contributed by atoms with Crippen LogP contribution in [0.25, 0.3) is 0 Å². The first-order valence-electron chi connectivity index (χ1n) is 9.66. The van der Waals surface area contributed by atoms with Crippen LogP contribution < -0.4 is 10.2 Å². The molecule has 2 amide bonds. The molecule has 0 radical (unpaired) electrons. The Kier molecular flexibility index (Phi) is 7.20. The van der Waals surface area contributed by atoms with Crippen LogP contribution in [0, 0.1) is 8.99 Å². The molecular formula is C22H24Cl2IN3O2. The third-order valence-electron chi connectivity index (χ3n) is 4.93. The number of piperazine rings is 1. The molecule has 1 fully saturated rings. The lowest BCUT2D eigenvalue weighted by molar-refractivity contribution is -0.139. The topological polar surface area (TPSA) is 52.7 Å². The summed E-state index contributed by atoms with van der Waals surface area (Å²) >= 11 is 14.8. The summed E-state index contributed by atoms with van der Waals surface area (Å²) < 4.78 is 0.930. The van der Waals surface area contributed by atoms with E-state index in [9.17, 15) is 9.59 Å². The van der Waals surface area contributed by atoms with Gasteiger partial charge < -0.3 is 15.1 Å². The van der Waals surface area contributed by atoms with Gasteiger partial charge in [0.15, 0.2) is 0 Å². The summed E-state index contributed by atoms with van der Waals surface area (Å²) in [6.45, 7) is 8.57. The molecule has 30 heavy (non-hydrogen) atoms. The minimum atomic E-state index is -0.376. The van der Waals surface area contributed by atoms with Crippen molar-refractivity contribution in [3.8, 4) is 0 Å². The predicted molar refractivity (Wildman–Crippen MR) is 132 cm³/mol. The van der Waals surface area contributed by atoms with Crippen molar-refractivity contribution in [2.24, 2.45) is 5.41 Å². The number of halogens is 3. The lowest BCUT2D eigenvalue weighted by Gasteiger charge is -2.39. The maximum Gasteiger partial charge on any atom is 0.257 e. The minimum Gasteiger partial charge on any atom is -0.367 e. The summed E-state index contributed by atoms with van der Waals surface area (Å²) in [4.78, 5) is 29.1. The SMILES string of the molecule is CC(C)(C)C(=O)N1CCN(c2ccc(NC(=O)c3cc(I)ccc3Cl)cc2Cl)CC1. The second-order valence-corrected chi connectivity index (χ2v) is 10.3. The average molecular weight is 560 g/mol. The Morgan fingerprint density at radius 2 is 1.63 bits per heavy atom. The molecule has 1 heterocycles. The fourth-order valence-electron chi connectivity index (χ4n) is 3.34. The zero-order valence-corrected chi connectivity index (χ0v) is 20.8. The summed E-state index contributed by atoms with van der Waals surface area (Å²) in [6.07, 6.45) is 0. The molecule has 0 atom stereocenters. The van der Waals surface area contributed by atoms with Crippen LogP contribution in [0.2, 0.25) is 10.0 Å². The van der Waals surface area contributed by atoms with Crippen molar-refractivity contribution in [3.05, 3.63) is 55.6 Å². The van der Waals surface area contributed by atoms with Crippen LogP contribution in [0.15, 0.2) is 36.4 Å². The Hall–Kier alpha value is -1.51. The summed E-state index contributed by atoms with van der Waals surface area (Å²) in [5, 5.41) is 3.81. The number of carbonyl (C=O) groups excluding carboxylic acids is 2. The smallest absolute Gasteiger partial charge is 0.257 e. The standard InChI is InChI=1S/C22H24Cl2IN3O2/c1-22(2,3)21(30)28-10-8-27(9-11-28)19-7-5-15(13-18(19)24)26-20(29)16-12-14(25)4-6-17(16)23/h4-7,12-13H,8-11H2,1-3H3,(H,26,29). The number of nitrogens with zero attached hydrogens (tertiary/aromatic N) is 2. The molecule has 2 aromatic rings. The van der Waals surface area contributed by atoms with E-state index in [1.54, 1.807) is 18.2 Å². The average Bonchev–Trinajstić information content (AvgIpc) is 2.69. The Labute approximate surface area is 200 Å². The second-order valence-electron chi connectivity index (χ2n) is 8.27. The van der Waals surface area contributed by atoms with E-state index in [1.807, 2.05) is 43.9 Å². The highest BCUT2D eigenvalue weighted by Gasteiger charge is 2.30. The molecule has 1 saturated heterocycles. The molecule has 0 aliphatic carbocycles. The van der Waals surface area contributed by atoms with Crippen LogP contribution in [-0.4, -0.2) is 42.9 Å². The number of nitrogens with one attached hydrogen (secondary N) is 1. The molecule has 0 spiro atoms. The first-order valence-corrected chi connectivity index (χ1v) is 11.5. The Balaban J connectivity index is 1.67. The zero-order chi connectivity index (χ0) is 22.1. The van der Waals surface area contributed by atoms with E-state index in [2.05, 4.69) is 32.8 Å². The molecule has 0 unspecified atom stereocenters. The molecular weight excluding hydrogens is 536 g/mol. The van der Waals surface area contributed by atoms with Gasteiger partial charge in [-0.15, -0.1) is 0 Å². The predicted octanol–water partition coefficient (Wildman–Crippen LogP) is 5.55. The van der Waals surface area contributed by atoms with Gasteiger partial charge >= 0.3 is 0 Å². The largest absolute Gasteiger partial charge is 0.367 e. The van der Waals surface area contributed by atoms with Crippen LogP contribution in [0.5, 0.6) is 0 Å². The van der Waals surface area contributed by atoms with Gasteiger partial charge in [-0.05, 0) is 59.0 Å². The maximum atomic E-state index is 12.6. The van der Waals surface area contributed by atoms with E-state index < -0.39 is 0 Å². The number of carbonyl (C=O) groups is 2. The van der Waals surface area contributed by atoms with Crippen LogP contribution in [-0.2, 0) is 4.79 Å². The highest BCUT2D eigenvalue weighted by Crippen LogP contribution is 2.31. The molecule has 160 valence electrons. The number of hydrogen-bond acceptors (Lipinski definition) is 3. The Bertz CT molecular complexity index is 967. The van der Waals surface area contributed by atoms with Gasteiger partial charge in [0.05, 0.1) is 21.3 Å². The van der Waals surface area contributed by atoms with Crippen molar-refractivity contribution in [1.29, 1.82) is 0 Å². The Morgan fingerprint density at radius 1 is 0.967 bits per heavy atom. The number of benzene rings is 2. The number of rotatable bonds is 3. The highest BCUT2D eigenvalue weighted by molar-refractivity contribution is 14.1. The van der Waals surface area contributed by atoms with Gasteiger partial charge in [0.1, 0.15) is 0 Å². The highest BCUT2D eigenvalue weighted by atomic mass is 127. The van der Waals surface area contributed by atoms with Crippen LogP contribution in [0.3, 0.4) is 0 Å². The van der Waals surface area contributed by atoms with Gasteiger partial charge in [0, 0.05) is 40.9 Å². The van der Waals surface area contributed by atoms with Crippen LogP contribution in [0.1, 0.15) is 31.1 Å². The van der Waals surface area contributed by atoms with Gasteiger partial charge in [0.2, 0.25) is 5.91 Å². The molecule has 8 heteroatoms. The normalized spacial score (nSPS) is 14.6. The van der Waals surface area contributed by atoms with E-state index in [4.69, 9.17) is 23.2 Å². The molecule has 1 aliphatic rings.